The molecule has 0 aliphatic rings. The zero-order valence-electron chi connectivity index (χ0n) is 14.0. The van der Waals surface area contributed by atoms with Crippen molar-refractivity contribution < 1.29 is 14.3 Å². The molecule has 1 amide bonds. The molecule has 0 heterocycles. The van der Waals surface area contributed by atoms with Crippen LogP contribution in [0.3, 0.4) is 0 Å². The van der Waals surface area contributed by atoms with Gasteiger partial charge >= 0.3 is 143 Å². The zero-order chi connectivity index (χ0) is 17.7. The Morgan fingerprint density at radius 2 is 1.78 bits per heavy atom. The molecule has 1 aromatic rings. The molecule has 2 unspecified atom stereocenters. The van der Waals surface area contributed by atoms with E-state index < -0.39 is 27.8 Å². The molecule has 0 fully saturated rings. The number of esters is 1. The molecule has 0 bridgehead atoms. The van der Waals surface area contributed by atoms with E-state index in [1.807, 2.05) is 30.3 Å². The van der Waals surface area contributed by atoms with Gasteiger partial charge in [-0.25, -0.2) is 0 Å². The fraction of sp³-hybridized carbons (Fsp3) is 0.471. The van der Waals surface area contributed by atoms with E-state index >= 15 is 0 Å². The van der Waals surface area contributed by atoms with Crippen LogP contribution < -0.4 is 9.78 Å². The van der Waals surface area contributed by atoms with Gasteiger partial charge in [-0.05, 0) is 0 Å². The minimum absolute atomic E-state index is 0.374. The SMILES string of the molecule is CC(NC(=O)C(C)(C#N)[Se]c1ccccc1)C(=O)OC(C)(C)C. The molecule has 6 heteroatoms. The first-order chi connectivity index (χ1) is 10.6. The van der Waals surface area contributed by atoms with Gasteiger partial charge in [0.2, 0.25) is 0 Å². The molecule has 0 aliphatic carbocycles. The van der Waals surface area contributed by atoms with E-state index in [0.29, 0.717) is 0 Å². The first-order valence-electron chi connectivity index (χ1n) is 7.26. The van der Waals surface area contributed by atoms with Crippen molar-refractivity contribution in [1.82, 2.24) is 5.32 Å². The molecule has 0 radical (unpaired) electrons. The van der Waals surface area contributed by atoms with Crippen molar-refractivity contribution in [2.75, 3.05) is 0 Å². The van der Waals surface area contributed by atoms with Crippen LogP contribution in [-0.4, -0.2) is 38.5 Å². The van der Waals surface area contributed by atoms with Crippen LogP contribution >= 0.6 is 0 Å². The average molecular weight is 381 g/mol. The second-order valence-corrected chi connectivity index (χ2v) is 9.42. The first kappa shape index (κ1) is 19.2. The second-order valence-electron chi connectivity index (χ2n) is 6.29. The Morgan fingerprint density at radius 3 is 2.26 bits per heavy atom. The van der Waals surface area contributed by atoms with Gasteiger partial charge in [-0.2, -0.15) is 0 Å². The molecule has 124 valence electrons. The van der Waals surface area contributed by atoms with E-state index in [0.717, 1.165) is 4.46 Å². The standard InChI is InChI=1S/C17H22N2O3Se/c1-12(14(20)22-16(2,3)4)19-15(21)17(5,11-18)23-13-9-7-6-8-10-13/h6-10,12H,1-5H3,(H,19,21). The Balaban J connectivity index is 2.77. The van der Waals surface area contributed by atoms with Gasteiger partial charge in [-0.1, -0.05) is 0 Å². The number of benzene rings is 1. The number of ether oxygens (including phenoxy) is 1. The van der Waals surface area contributed by atoms with Gasteiger partial charge in [0, 0.05) is 0 Å². The number of carbonyl (C=O) groups excluding carboxylic acids is 2. The molecular formula is C17H22N2O3Se. The number of nitrogens with one attached hydrogen (secondary N) is 1. The van der Waals surface area contributed by atoms with Crippen molar-refractivity contribution in [3.05, 3.63) is 30.3 Å². The van der Waals surface area contributed by atoms with Gasteiger partial charge in [0.05, 0.1) is 0 Å². The average Bonchev–Trinajstić information content (AvgIpc) is 2.46. The summed E-state index contributed by atoms with van der Waals surface area (Å²) in [4.78, 5) is 24.4. The number of nitriles is 1. The molecule has 0 saturated carbocycles. The normalized spacial score (nSPS) is 15.0. The Labute approximate surface area is 143 Å². The Morgan fingerprint density at radius 1 is 1.22 bits per heavy atom. The third-order valence-electron chi connectivity index (χ3n) is 2.82. The van der Waals surface area contributed by atoms with Crippen molar-refractivity contribution in [2.45, 2.75) is 50.6 Å². The van der Waals surface area contributed by atoms with E-state index in [4.69, 9.17) is 4.74 Å². The topological polar surface area (TPSA) is 79.2 Å². The molecule has 1 aromatic carbocycles. The van der Waals surface area contributed by atoms with Crippen LogP contribution in [-0.2, 0) is 14.3 Å². The van der Waals surface area contributed by atoms with Gasteiger partial charge in [0.1, 0.15) is 0 Å². The van der Waals surface area contributed by atoms with Crippen molar-refractivity contribution in [1.29, 1.82) is 5.26 Å². The Bertz CT molecular complexity index is 605. The van der Waals surface area contributed by atoms with Gasteiger partial charge < -0.3 is 0 Å². The Hall–Kier alpha value is -1.83. The van der Waals surface area contributed by atoms with Crippen LogP contribution in [0.4, 0.5) is 0 Å². The maximum atomic E-state index is 12.5. The van der Waals surface area contributed by atoms with Crippen molar-refractivity contribution in [3.63, 3.8) is 0 Å². The minimum atomic E-state index is -1.19. The summed E-state index contributed by atoms with van der Waals surface area (Å²) in [5.74, 6) is -0.972. The third-order valence-corrected chi connectivity index (χ3v) is 5.32. The third kappa shape index (κ3) is 6.05. The zero-order valence-corrected chi connectivity index (χ0v) is 15.8. The maximum absolute atomic E-state index is 12.5. The van der Waals surface area contributed by atoms with Crippen molar-refractivity contribution >= 4 is 31.3 Å². The summed E-state index contributed by atoms with van der Waals surface area (Å²) in [6, 6.07) is 10.7. The molecule has 1 rings (SSSR count). The van der Waals surface area contributed by atoms with E-state index in [2.05, 4.69) is 11.4 Å². The fourth-order valence-corrected chi connectivity index (χ4v) is 3.65. The first-order valence-corrected chi connectivity index (χ1v) is 8.98. The summed E-state index contributed by atoms with van der Waals surface area (Å²) in [6.45, 7) is 8.43. The fourth-order valence-electron chi connectivity index (χ4n) is 1.63. The van der Waals surface area contributed by atoms with Crippen LogP contribution in [0.25, 0.3) is 0 Å². The number of nitrogens with zero attached hydrogens (tertiary/aromatic N) is 1. The predicted octanol–water partition coefficient (Wildman–Crippen LogP) is 1.56. The molecule has 1 N–H and O–H groups in total. The number of rotatable bonds is 5. The molecule has 0 aromatic heterocycles. The summed E-state index contributed by atoms with van der Waals surface area (Å²) >= 11 is -0.374. The molecule has 0 saturated heterocycles. The van der Waals surface area contributed by atoms with Crippen LogP contribution in [0, 0.1) is 11.3 Å². The molecule has 23 heavy (non-hydrogen) atoms. The summed E-state index contributed by atoms with van der Waals surface area (Å²) in [6.07, 6.45) is 0. The van der Waals surface area contributed by atoms with E-state index in [1.54, 1.807) is 34.6 Å². The molecule has 0 aliphatic heterocycles. The van der Waals surface area contributed by atoms with Gasteiger partial charge in [-0.3, -0.25) is 0 Å². The van der Waals surface area contributed by atoms with Crippen LogP contribution in [0.15, 0.2) is 30.3 Å². The quantitative estimate of drug-likeness (QED) is 0.620. The van der Waals surface area contributed by atoms with E-state index in [9.17, 15) is 14.9 Å². The number of carbonyl (C=O) groups is 2. The van der Waals surface area contributed by atoms with Crippen molar-refractivity contribution in [2.24, 2.45) is 0 Å². The van der Waals surface area contributed by atoms with Gasteiger partial charge in [0.15, 0.2) is 0 Å². The predicted molar refractivity (Wildman–Crippen MR) is 89.3 cm³/mol. The molecule has 5 nitrogen and oxygen atoms in total. The molecule has 2 atom stereocenters. The van der Waals surface area contributed by atoms with Crippen molar-refractivity contribution in [3.8, 4) is 6.07 Å². The van der Waals surface area contributed by atoms with E-state index in [-0.39, 0.29) is 15.0 Å². The summed E-state index contributed by atoms with van der Waals surface area (Å²) in [5.41, 5.74) is -0.622. The van der Waals surface area contributed by atoms with Crippen LogP contribution in [0.1, 0.15) is 34.6 Å². The number of amides is 1. The summed E-state index contributed by atoms with van der Waals surface area (Å²) in [5, 5.41) is 12.0. The van der Waals surface area contributed by atoms with E-state index in [1.165, 1.54) is 0 Å². The van der Waals surface area contributed by atoms with Crippen LogP contribution in [0.5, 0.6) is 0 Å². The number of hydrogen-bond donors (Lipinski definition) is 1. The monoisotopic (exact) mass is 382 g/mol. The van der Waals surface area contributed by atoms with Crippen LogP contribution in [0.2, 0.25) is 4.31 Å². The molecular weight excluding hydrogens is 359 g/mol. The summed E-state index contributed by atoms with van der Waals surface area (Å²) in [7, 11) is 0. The molecule has 0 spiro atoms. The number of hydrogen-bond acceptors (Lipinski definition) is 4. The van der Waals surface area contributed by atoms with Gasteiger partial charge in [0.25, 0.3) is 0 Å². The summed E-state index contributed by atoms with van der Waals surface area (Å²) < 4.78 is 4.99. The van der Waals surface area contributed by atoms with Gasteiger partial charge in [-0.15, -0.1) is 0 Å². The second kappa shape index (κ2) is 7.63. The Kier molecular flexibility index (Phi) is 6.37.